The van der Waals surface area contributed by atoms with Crippen molar-refractivity contribution in [2.45, 2.75) is 13.2 Å². The van der Waals surface area contributed by atoms with Gasteiger partial charge in [-0.25, -0.2) is 0 Å². The number of amides is 1. The molecular formula is C18H21ClF2IN5O2. The zero-order valence-corrected chi connectivity index (χ0v) is 18.6. The second-order valence-corrected chi connectivity index (χ2v) is 5.92. The fourth-order valence-corrected chi connectivity index (χ4v) is 2.45. The fraction of sp³-hybridized carbons (Fsp3) is 0.278. The minimum Gasteiger partial charge on any atom is -0.434 e. The van der Waals surface area contributed by atoms with Gasteiger partial charge >= 0.3 is 6.61 Å². The SMILES string of the molecule is CN=C(NCCNC(=O)c1cccnc1)NCc1cc(Cl)ccc1OC(F)F.I. The lowest BCUT2D eigenvalue weighted by molar-refractivity contribution is -0.0504. The highest BCUT2D eigenvalue weighted by Crippen LogP contribution is 2.24. The average molecular weight is 540 g/mol. The lowest BCUT2D eigenvalue weighted by Crippen LogP contribution is -2.41. The summed E-state index contributed by atoms with van der Waals surface area (Å²) in [6, 6.07) is 7.74. The smallest absolute Gasteiger partial charge is 0.387 e. The number of ether oxygens (including phenoxy) is 1. The van der Waals surface area contributed by atoms with Crippen molar-refractivity contribution in [3.05, 3.63) is 58.9 Å². The van der Waals surface area contributed by atoms with Gasteiger partial charge < -0.3 is 20.7 Å². The summed E-state index contributed by atoms with van der Waals surface area (Å²) in [7, 11) is 1.57. The number of halogens is 4. The molecule has 3 N–H and O–H groups in total. The Bertz CT molecular complexity index is 812. The van der Waals surface area contributed by atoms with Gasteiger partial charge in [0.1, 0.15) is 5.75 Å². The largest absolute Gasteiger partial charge is 0.434 e. The van der Waals surface area contributed by atoms with Gasteiger partial charge in [-0.15, -0.1) is 24.0 Å². The first-order valence-electron chi connectivity index (χ1n) is 8.35. The van der Waals surface area contributed by atoms with E-state index in [1.54, 1.807) is 25.4 Å². The quantitative estimate of drug-likeness (QED) is 0.208. The molecule has 0 fully saturated rings. The predicted molar refractivity (Wildman–Crippen MR) is 118 cm³/mol. The van der Waals surface area contributed by atoms with Crippen LogP contribution >= 0.6 is 35.6 Å². The summed E-state index contributed by atoms with van der Waals surface area (Å²) in [4.78, 5) is 19.8. The van der Waals surface area contributed by atoms with Gasteiger partial charge in [0.05, 0.1) is 5.56 Å². The Hall–Kier alpha value is -2.21. The molecule has 0 aliphatic rings. The second kappa shape index (κ2) is 13.1. The highest BCUT2D eigenvalue weighted by atomic mass is 127. The third kappa shape index (κ3) is 8.77. The van der Waals surface area contributed by atoms with E-state index in [4.69, 9.17) is 11.6 Å². The normalized spacial score (nSPS) is 10.9. The maximum absolute atomic E-state index is 12.5. The molecule has 0 radical (unpaired) electrons. The van der Waals surface area contributed by atoms with Gasteiger partial charge in [0, 0.05) is 49.7 Å². The third-order valence-electron chi connectivity index (χ3n) is 3.54. The number of aromatic nitrogens is 1. The second-order valence-electron chi connectivity index (χ2n) is 5.48. The number of carbonyl (C=O) groups is 1. The Morgan fingerprint density at radius 2 is 2.00 bits per heavy atom. The zero-order valence-electron chi connectivity index (χ0n) is 15.5. The summed E-state index contributed by atoms with van der Waals surface area (Å²) in [5.41, 5.74) is 0.929. The van der Waals surface area contributed by atoms with Crippen molar-refractivity contribution in [2.75, 3.05) is 20.1 Å². The molecule has 11 heteroatoms. The topological polar surface area (TPSA) is 87.6 Å². The summed E-state index contributed by atoms with van der Waals surface area (Å²) in [6.45, 7) is -2.00. The minimum absolute atomic E-state index is 0. The van der Waals surface area contributed by atoms with Crippen molar-refractivity contribution in [1.82, 2.24) is 20.9 Å². The van der Waals surface area contributed by atoms with Crippen LogP contribution in [0.2, 0.25) is 5.02 Å². The van der Waals surface area contributed by atoms with Crippen molar-refractivity contribution in [2.24, 2.45) is 4.99 Å². The number of pyridine rings is 1. The van der Waals surface area contributed by atoms with Gasteiger partial charge in [0.25, 0.3) is 5.91 Å². The van der Waals surface area contributed by atoms with Gasteiger partial charge in [0.15, 0.2) is 5.96 Å². The third-order valence-corrected chi connectivity index (χ3v) is 3.77. The van der Waals surface area contributed by atoms with Crippen LogP contribution in [0.25, 0.3) is 0 Å². The van der Waals surface area contributed by atoms with E-state index in [9.17, 15) is 13.6 Å². The molecule has 0 atom stereocenters. The molecule has 0 aliphatic carbocycles. The Morgan fingerprint density at radius 3 is 2.66 bits per heavy atom. The van der Waals surface area contributed by atoms with Crippen LogP contribution < -0.4 is 20.7 Å². The average Bonchev–Trinajstić information content (AvgIpc) is 2.69. The first-order chi connectivity index (χ1) is 13.5. The molecule has 7 nitrogen and oxygen atoms in total. The van der Waals surface area contributed by atoms with E-state index in [1.165, 1.54) is 24.4 Å². The summed E-state index contributed by atoms with van der Waals surface area (Å²) < 4.78 is 29.5. The van der Waals surface area contributed by atoms with Crippen LogP contribution in [0, 0.1) is 0 Å². The minimum atomic E-state index is -2.93. The summed E-state index contributed by atoms with van der Waals surface area (Å²) >= 11 is 5.92. The molecule has 158 valence electrons. The number of hydrogen-bond donors (Lipinski definition) is 3. The fourth-order valence-electron chi connectivity index (χ4n) is 2.25. The Morgan fingerprint density at radius 1 is 1.24 bits per heavy atom. The van der Waals surface area contributed by atoms with Gasteiger partial charge in [0.2, 0.25) is 0 Å². The molecule has 1 amide bonds. The van der Waals surface area contributed by atoms with Crippen LogP contribution in [0.15, 0.2) is 47.7 Å². The molecule has 1 aromatic heterocycles. The van der Waals surface area contributed by atoms with Crippen LogP contribution in [0.5, 0.6) is 5.75 Å². The number of guanidine groups is 1. The van der Waals surface area contributed by atoms with Crippen LogP contribution in [-0.4, -0.2) is 43.6 Å². The predicted octanol–water partition coefficient (Wildman–Crippen LogP) is 3.05. The molecule has 0 saturated heterocycles. The van der Waals surface area contributed by atoms with Gasteiger partial charge in [-0.05, 0) is 30.3 Å². The lowest BCUT2D eigenvalue weighted by atomic mass is 10.2. The van der Waals surface area contributed by atoms with Crippen molar-refractivity contribution in [1.29, 1.82) is 0 Å². The Labute approximate surface area is 189 Å². The van der Waals surface area contributed by atoms with Gasteiger partial charge in [-0.2, -0.15) is 8.78 Å². The van der Waals surface area contributed by atoms with Crippen LogP contribution in [0.4, 0.5) is 8.78 Å². The van der Waals surface area contributed by atoms with E-state index in [0.29, 0.717) is 35.2 Å². The first kappa shape index (κ1) is 24.8. The van der Waals surface area contributed by atoms with E-state index < -0.39 is 6.61 Å². The van der Waals surface area contributed by atoms with Crippen LogP contribution in [-0.2, 0) is 6.54 Å². The van der Waals surface area contributed by atoms with E-state index in [0.717, 1.165) is 0 Å². The van der Waals surface area contributed by atoms with Crippen LogP contribution in [0.1, 0.15) is 15.9 Å². The van der Waals surface area contributed by atoms with Crippen molar-refractivity contribution < 1.29 is 18.3 Å². The summed E-state index contributed by atoms with van der Waals surface area (Å²) in [5.74, 6) is 0.232. The monoisotopic (exact) mass is 539 g/mol. The number of carbonyl (C=O) groups excluding carboxylic acids is 1. The number of rotatable bonds is 8. The first-order valence-corrected chi connectivity index (χ1v) is 8.73. The number of aliphatic imine (C=N–C) groups is 1. The van der Waals surface area contributed by atoms with Crippen molar-refractivity contribution in [3.63, 3.8) is 0 Å². The maximum Gasteiger partial charge on any atom is 0.387 e. The number of hydrogen-bond acceptors (Lipinski definition) is 4. The molecule has 1 heterocycles. The standard InChI is InChI=1S/C18H20ClF2N5O2.HI/c1-22-18(25-8-7-24-16(27)12-3-2-6-23-10-12)26-11-13-9-14(19)4-5-15(13)28-17(20)21;/h2-6,9-10,17H,7-8,11H2,1H3,(H,24,27)(H2,22,25,26);1H. The summed E-state index contributed by atoms with van der Waals surface area (Å²) in [6.07, 6.45) is 3.07. The molecule has 0 saturated carbocycles. The molecule has 0 spiro atoms. The lowest BCUT2D eigenvalue weighted by Gasteiger charge is -2.15. The highest BCUT2D eigenvalue weighted by molar-refractivity contribution is 14.0. The Balaban J connectivity index is 0.00000420. The Kier molecular flexibility index (Phi) is 11.2. The van der Waals surface area contributed by atoms with Crippen LogP contribution in [0.3, 0.4) is 0 Å². The van der Waals surface area contributed by atoms with Crippen molar-refractivity contribution in [3.8, 4) is 5.75 Å². The number of alkyl halides is 2. The van der Waals surface area contributed by atoms with Gasteiger partial charge in [-0.3, -0.25) is 14.8 Å². The number of nitrogens with zero attached hydrogens (tertiary/aromatic N) is 2. The van der Waals surface area contributed by atoms with E-state index in [-0.39, 0.29) is 42.2 Å². The molecule has 1 aromatic carbocycles. The number of nitrogens with one attached hydrogen (secondary N) is 3. The summed E-state index contributed by atoms with van der Waals surface area (Å²) in [5, 5.41) is 9.13. The van der Waals surface area contributed by atoms with E-state index in [2.05, 4.69) is 30.7 Å². The highest BCUT2D eigenvalue weighted by Gasteiger charge is 2.11. The van der Waals surface area contributed by atoms with Gasteiger partial charge in [-0.1, -0.05) is 11.6 Å². The number of benzene rings is 1. The van der Waals surface area contributed by atoms with Crippen molar-refractivity contribution >= 4 is 47.4 Å². The van der Waals surface area contributed by atoms with E-state index in [1.807, 2.05) is 0 Å². The zero-order chi connectivity index (χ0) is 20.4. The molecule has 2 aromatic rings. The maximum atomic E-state index is 12.5. The van der Waals surface area contributed by atoms with E-state index >= 15 is 0 Å². The molecule has 0 unspecified atom stereocenters. The molecule has 0 bridgehead atoms. The molecule has 0 aliphatic heterocycles. The molecule has 29 heavy (non-hydrogen) atoms. The molecular weight excluding hydrogens is 519 g/mol. The molecule has 2 rings (SSSR count).